The summed E-state index contributed by atoms with van der Waals surface area (Å²) < 4.78 is 3.56. The summed E-state index contributed by atoms with van der Waals surface area (Å²) in [5.74, 6) is 0. The minimum atomic E-state index is -0.0319. The molecule has 0 N–H and O–H groups in total. The molecule has 0 unspecified atom stereocenters. The fourth-order valence-electron chi connectivity index (χ4n) is 0.884. The van der Waals surface area contributed by atoms with E-state index in [1.54, 1.807) is 12.1 Å². The highest BCUT2D eigenvalue weighted by Gasteiger charge is 1.96. The maximum Gasteiger partial charge on any atom is 0.260 e. The average molecular weight is 164 g/mol. The lowest BCUT2D eigenvalue weighted by molar-refractivity contribution is 1.18. The molecular formula is C7H4N2OS. The van der Waals surface area contributed by atoms with Crippen molar-refractivity contribution in [2.75, 3.05) is 0 Å². The van der Waals surface area contributed by atoms with Crippen LogP contribution in [0.2, 0.25) is 0 Å². The Labute approximate surface area is 66.5 Å². The highest BCUT2D eigenvalue weighted by Crippen LogP contribution is 2.03. The van der Waals surface area contributed by atoms with E-state index in [4.69, 9.17) is 0 Å². The second kappa shape index (κ2) is 2.39. The Morgan fingerprint density at radius 2 is 2.09 bits per heavy atom. The topological polar surface area (TPSA) is 42.9 Å². The summed E-state index contributed by atoms with van der Waals surface area (Å²) in [6.45, 7) is 0. The first-order valence-corrected chi connectivity index (χ1v) is 3.87. The number of nitrogens with zero attached hydrogens (tertiary/aromatic N) is 2. The Bertz CT molecular complexity index is 432. The summed E-state index contributed by atoms with van der Waals surface area (Å²) in [6, 6.07) is 7.18. The van der Waals surface area contributed by atoms with Crippen LogP contribution in [0.5, 0.6) is 0 Å². The van der Waals surface area contributed by atoms with E-state index in [-0.39, 0.29) is 4.74 Å². The molecule has 1 heterocycles. The van der Waals surface area contributed by atoms with Crippen LogP contribution < -0.4 is 4.74 Å². The lowest BCUT2D eigenvalue weighted by atomic mass is 10.3. The van der Waals surface area contributed by atoms with Gasteiger partial charge in [0.25, 0.3) is 4.74 Å². The van der Waals surface area contributed by atoms with Gasteiger partial charge in [0.05, 0.1) is 10.9 Å². The number of aromatic nitrogens is 2. The van der Waals surface area contributed by atoms with Gasteiger partial charge < -0.3 is 0 Å². The molecule has 0 aliphatic carbocycles. The minimum Gasteiger partial charge on any atom is -0.275 e. The van der Waals surface area contributed by atoms with Gasteiger partial charge in [-0.25, -0.2) is 0 Å². The molecule has 0 saturated heterocycles. The minimum absolute atomic E-state index is 0.0319. The zero-order valence-electron chi connectivity index (χ0n) is 5.52. The monoisotopic (exact) mass is 164 g/mol. The Balaban J connectivity index is 3.03. The number of hydrogen-bond donors (Lipinski definition) is 0. The Hall–Kier alpha value is -1.29. The van der Waals surface area contributed by atoms with Gasteiger partial charge in [0.15, 0.2) is 0 Å². The van der Waals surface area contributed by atoms with E-state index in [2.05, 4.69) is 9.59 Å². The van der Waals surface area contributed by atoms with Crippen LogP contribution in [-0.4, -0.2) is 9.59 Å². The molecule has 0 aliphatic rings. The first-order valence-electron chi connectivity index (χ1n) is 3.09. The van der Waals surface area contributed by atoms with Crippen LogP contribution in [0.25, 0.3) is 10.9 Å². The third-order valence-electron chi connectivity index (χ3n) is 1.40. The second-order valence-electron chi connectivity index (χ2n) is 2.08. The molecule has 0 radical (unpaired) electrons. The molecule has 0 spiro atoms. The highest BCUT2D eigenvalue weighted by atomic mass is 32.1. The van der Waals surface area contributed by atoms with Crippen molar-refractivity contribution >= 4 is 22.4 Å². The third kappa shape index (κ3) is 1.01. The predicted octanol–water partition coefficient (Wildman–Crippen LogP) is 1.05. The fraction of sp³-hybridized carbons (Fsp3) is 0. The first kappa shape index (κ1) is 6.42. The molecule has 0 saturated carbocycles. The van der Waals surface area contributed by atoms with Gasteiger partial charge in [0.2, 0.25) is 0 Å². The van der Waals surface area contributed by atoms with Gasteiger partial charge in [-0.2, -0.15) is 0 Å². The van der Waals surface area contributed by atoms with Crippen LogP contribution in [0.3, 0.4) is 0 Å². The van der Waals surface area contributed by atoms with Crippen molar-refractivity contribution in [3.63, 3.8) is 0 Å². The van der Waals surface area contributed by atoms with Gasteiger partial charge in [0, 0.05) is 11.5 Å². The molecular weight excluding hydrogens is 160 g/mol. The molecule has 0 aliphatic heterocycles. The smallest absolute Gasteiger partial charge is 0.260 e. The largest absolute Gasteiger partial charge is 0.275 e. The second-order valence-corrected chi connectivity index (χ2v) is 2.79. The zero-order chi connectivity index (χ0) is 7.68. The van der Waals surface area contributed by atoms with Gasteiger partial charge in [-0.3, -0.25) is 4.79 Å². The van der Waals surface area contributed by atoms with Crippen molar-refractivity contribution in [3.05, 3.63) is 33.8 Å². The molecule has 11 heavy (non-hydrogen) atoms. The third-order valence-corrected chi connectivity index (χ3v) is 1.95. The molecule has 2 aromatic rings. The summed E-state index contributed by atoms with van der Waals surface area (Å²) in [7, 11) is 0. The molecule has 1 aromatic heterocycles. The lowest BCUT2D eigenvalue weighted by Gasteiger charge is -1.88. The van der Waals surface area contributed by atoms with E-state index in [0.29, 0.717) is 10.9 Å². The normalized spacial score (nSPS) is 10.2. The summed E-state index contributed by atoms with van der Waals surface area (Å²) in [4.78, 5) is 11.1. The number of benzene rings is 1. The molecule has 0 fully saturated rings. The van der Waals surface area contributed by atoms with Gasteiger partial charge in [0.1, 0.15) is 0 Å². The maximum atomic E-state index is 11.1. The van der Waals surface area contributed by atoms with Crippen molar-refractivity contribution in [2.45, 2.75) is 0 Å². The quantitative estimate of drug-likeness (QED) is 0.584. The van der Waals surface area contributed by atoms with E-state index in [1.165, 1.54) is 0 Å². The van der Waals surface area contributed by atoms with Gasteiger partial charge in [-0.05, 0) is 12.1 Å². The first-order chi connectivity index (χ1) is 5.38. The number of fused-ring (bicyclic) bond motifs is 1. The molecule has 0 bridgehead atoms. The predicted molar refractivity (Wildman–Crippen MR) is 43.7 cm³/mol. The van der Waals surface area contributed by atoms with Crippen LogP contribution in [0.15, 0.2) is 29.1 Å². The molecule has 0 amide bonds. The number of hydrogen-bond acceptors (Lipinski definition) is 4. The average Bonchev–Trinajstić information content (AvgIpc) is 2.06. The van der Waals surface area contributed by atoms with Crippen LogP contribution in [-0.2, 0) is 0 Å². The van der Waals surface area contributed by atoms with E-state index in [1.807, 2.05) is 12.1 Å². The standard InChI is InChI=1S/C7H4N2OS/c10-7-5-3-1-2-4-6(5)8-9-11-7/h1-4H. The highest BCUT2D eigenvalue weighted by molar-refractivity contribution is 7.03. The summed E-state index contributed by atoms with van der Waals surface area (Å²) in [5.41, 5.74) is 0.663. The van der Waals surface area contributed by atoms with Crippen molar-refractivity contribution in [2.24, 2.45) is 0 Å². The van der Waals surface area contributed by atoms with Crippen molar-refractivity contribution in [1.29, 1.82) is 0 Å². The Morgan fingerprint density at radius 3 is 2.91 bits per heavy atom. The molecule has 0 atom stereocenters. The van der Waals surface area contributed by atoms with Crippen molar-refractivity contribution in [1.82, 2.24) is 9.59 Å². The summed E-state index contributed by atoms with van der Waals surface area (Å²) >= 11 is 0.880. The van der Waals surface area contributed by atoms with Crippen molar-refractivity contribution < 1.29 is 0 Å². The fourth-order valence-corrected chi connectivity index (χ4v) is 1.36. The Morgan fingerprint density at radius 1 is 1.27 bits per heavy atom. The summed E-state index contributed by atoms with van der Waals surface area (Å²) in [6.07, 6.45) is 0. The van der Waals surface area contributed by atoms with Crippen molar-refractivity contribution in [3.8, 4) is 0 Å². The maximum absolute atomic E-state index is 11.1. The zero-order valence-corrected chi connectivity index (χ0v) is 6.34. The molecule has 2 rings (SSSR count). The van der Waals surface area contributed by atoms with Gasteiger partial charge in [-0.15, -0.1) is 5.10 Å². The van der Waals surface area contributed by atoms with Crippen LogP contribution >= 0.6 is 11.5 Å². The van der Waals surface area contributed by atoms with E-state index < -0.39 is 0 Å². The molecule has 1 aromatic carbocycles. The van der Waals surface area contributed by atoms with E-state index in [0.717, 1.165) is 11.5 Å². The number of rotatable bonds is 0. The molecule has 4 heteroatoms. The molecule has 54 valence electrons. The van der Waals surface area contributed by atoms with E-state index >= 15 is 0 Å². The lowest BCUT2D eigenvalue weighted by Crippen LogP contribution is -1.97. The summed E-state index contributed by atoms with van der Waals surface area (Å²) in [5, 5.41) is 4.46. The van der Waals surface area contributed by atoms with Crippen LogP contribution in [0.1, 0.15) is 0 Å². The van der Waals surface area contributed by atoms with Gasteiger partial charge in [-0.1, -0.05) is 16.6 Å². The van der Waals surface area contributed by atoms with E-state index in [9.17, 15) is 4.79 Å². The SMILES string of the molecule is O=c1snnc2ccccc12. The molecule has 3 nitrogen and oxygen atoms in total. The Kier molecular flexibility index (Phi) is 1.40. The van der Waals surface area contributed by atoms with Crippen LogP contribution in [0.4, 0.5) is 0 Å². The van der Waals surface area contributed by atoms with Crippen LogP contribution in [0, 0.1) is 0 Å². The van der Waals surface area contributed by atoms with Gasteiger partial charge >= 0.3 is 0 Å².